The van der Waals surface area contributed by atoms with Crippen LogP contribution in [0.1, 0.15) is 33.4 Å². The van der Waals surface area contributed by atoms with E-state index in [4.69, 9.17) is 0 Å². The number of carboxylic acids is 6. The Hall–Kier alpha value is -3.96. The van der Waals surface area contributed by atoms with E-state index in [1.165, 1.54) is 0 Å². The molecule has 3 aliphatic carbocycles. The molecule has 0 saturated carbocycles. The van der Waals surface area contributed by atoms with Crippen LogP contribution in [0.3, 0.4) is 0 Å². The maximum Gasteiger partial charge on any atom is 0.321 e. The Labute approximate surface area is 184 Å². The number of carbonyl (C=O) groups is 6. The molecule has 12 nitrogen and oxygen atoms in total. The molecule has 0 spiro atoms. The van der Waals surface area contributed by atoms with Crippen LogP contribution in [0.15, 0.2) is 0 Å². The van der Waals surface area contributed by atoms with Crippen molar-refractivity contribution in [1.29, 1.82) is 0 Å². The van der Waals surface area contributed by atoms with Gasteiger partial charge in [0, 0.05) is 38.5 Å². The van der Waals surface area contributed by atoms with Gasteiger partial charge in [0.05, 0.1) is 0 Å². The summed E-state index contributed by atoms with van der Waals surface area (Å²) in [7, 11) is 0. The first-order valence-electron chi connectivity index (χ1n) is 9.81. The second kappa shape index (κ2) is 6.53. The summed E-state index contributed by atoms with van der Waals surface area (Å²) in [6, 6.07) is 0. The minimum absolute atomic E-state index is 0.157. The lowest BCUT2D eigenvalue weighted by Crippen LogP contribution is -2.40. The number of benzene rings is 1. The van der Waals surface area contributed by atoms with Crippen molar-refractivity contribution < 1.29 is 59.4 Å². The van der Waals surface area contributed by atoms with Gasteiger partial charge in [0.1, 0.15) is 0 Å². The Bertz CT molecular complexity index is 946. The van der Waals surface area contributed by atoms with Crippen LogP contribution in [0.2, 0.25) is 0 Å². The highest BCUT2D eigenvalue weighted by molar-refractivity contribution is 6.03. The fourth-order valence-electron chi connectivity index (χ4n) is 5.55. The van der Waals surface area contributed by atoms with Crippen molar-refractivity contribution in [2.45, 2.75) is 38.5 Å². The van der Waals surface area contributed by atoms with Gasteiger partial charge >= 0.3 is 35.8 Å². The molecule has 1 aromatic rings. The smallest absolute Gasteiger partial charge is 0.321 e. The van der Waals surface area contributed by atoms with Gasteiger partial charge in [-0.3, -0.25) is 28.8 Å². The van der Waals surface area contributed by atoms with E-state index in [1.54, 1.807) is 0 Å². The minimum Gasteiger partial charge on any atom is -0.480 e. The second-order valence-electron chi connectivity index (χ2n) is 9.01. The van der Waals surface area contributed by atoms with Crippen LogP contribution in [0.25, 0.3) is 0 Å². The highest BCUT2D eigenvalue weighted by Gasteiger charge is 2.60. The molecule has 0 aromatic heterocycles. The van der Waals surface area contributed by atoms with Crippen molar-refractivity contribution in [3.63, 3.8) is 0 Å². The molecule has 33 heavy (non-hydrogen) atoms. The fourth-order valence-corrected chi connectivity index (χ4v) is 5.55. The van der Waals surface area contributed by atoms with E-state index in [0.717, 1.165) is 0 Å². The Morgan fingerprint density at radius 1 is 0.364 bits per heavy atom. The third-order valence-corrected chi connectivity index (χ3v) is 7.51. The molecule has 4 rings (SSSR count). The zero-order valence-electron chi connectivity index (χ0n) is 16.9. The Kier molecular flexibility index (Phi) is 4.40. The summed E-state index contributed by atoms with van der Waals surface area (Å²) in [5.41, 5.74) is -6.01. The van der Waals surface area contributed by atoms with Crippen LogP contribution in [-0.2, 0) is 67.3 Å². The summed E-state index contributed by atoms with van der Waals surface area (Å²) < 4.78 is 0. The van der Waals surface area contributed by atoms with Gasteiger partial charge in [-0.15, -0.1) is 0 Å². The standard InChI is InChI=1S/C21H18O12/c22-13(23)19(14(24)25)1-7-8(2-19)10-4-21(17(30)31,18(32)33)6-12(10)11-5-20(15(26)27,16(28)29)3-9(7)11/h1-6H2,(H,22,23)(H,24,25)(H,26,27)(H,28,29)(H,30,31)(H,32,33). The quantitative estimate of drug-likeness (QED) is 0.293. The Morgan fingerprint density at radius 3 is 0.576 bits per heavy atom. The van der Waals surface area contributed by atoms with Gasteiger partial charge in [-0.05, 0) is 33.4 Å². The molecular weight excluding hydrogens is 444 g/mol. The molecule has 0 amide bonds. The van der Waals surface area contributed by atoms with E-state index >= 15 is 0 Å². The van der Waals surface area contributed by atoms with Gasteiger partial charge in [-0.25, -0.2) is 0 Å². The molecule has 0 saturated heterocycles. The maximum absolute atomic E-state index is 12.0. The van der Waals surface area contributed by atoms with Gasteiger partial charge in [-0.2, -0.15) is 0 Å². The van der Waals surface area contributed by atoms with Crippen LogP contribution < -0.4 is 0 Å². The minimum atomic E-state index is -2.32. The largest absolute Gasteiger partial charge is 0.480 e. The third-order valence-electron chi connectivity index (χ3n) is 7.51. The van der Waals surface area contributed by atoms with Gasteiger partial charge < -0.3 is 30.6 Å². The van der Waals surface area contributed by atoms with Gasteiger partial charge in [0.2, 0.25) is 0 Å². The SMILES string of the molecule is O=C(O)C1(C(=O)O)Cc2c3c(c4c(c2C1)CC(C(=O)O)(C(=O)O)C4)CC(C(=O)O)(C(=O)O)C3. The van der Waals surface area contributed by atoms with Crippen molar-refractivity contribution in [2.24, 2.45) is 16.2 Å². The van der Waals surface area contributed by atoms with Crippen LogP contribution in [0, 0.1) is 16.2 Å². The second-order valence-corrected chi connectivity index (χ2v) is 9.01. The fraction of sp³-hybridized carbons (Fsp3) is 0.429. The average molecular weight is 462 g/mol. The first-order valence-corrected chi connectivity index (χ1v) is 9.81. The maximum atomic E-state index is 12.0. The molecule has 0 unspecified atom stereocenters. The van der Waals surface area contributed by atoms with Gasteiger partial charge in [0.25, 0.3) is 0 Å². The number of fused-ring (bicyclic) bond motifs is 6. The van der Waals surface area contributed by atoms with E-state index in [0.29, 0.717) is 0 Å². The molecule has 0 atom stereocenters. The molecule has 0 radical (unpaired) electrons. The van der Waals surface area contributed by atoms with E-state index < -0.39 is 90.6 Å². The lowest BCUT2D eigenvalue weighted by molar-refractivity contribution is -0.166. The first kappa shape index (κ1) is 22.2. The Morgan fingerprint density at radius 2 is 0.485 bits per heavy atom. The van der Waals surface area contributed by atoms with Crippen molar-refractivity contribution in [3.8, 4) is 0 Å². The number of aliphatic carboxylic acids is 6. The Balaban J connectivity index is 2.02. The number of hydrogen-bond acceptors (Lipinski definition) is 6. The summed E-state index contributed by atoms with van der Waals surface area (Å²) in [6.07, 6.45) is -3.30. The average Bonchev–Trinajstić information content (AvgIpc) is 3.39. The molecule has 0 fully saturated rings. The van der Waals surface area contributed by atoms with E-state index in [2.05, 4.69) is 0 Å². The van der Waals surface area contributed by atoms with Crippen LogP contribution in [-0.4, -0.2) is 66.5 Å². The van der Waals surface area contributed by atoms with Crippen molar-refractivity contribution in [3.05, 3.63) is 33.4 Å². The predicted molar refractivity (Wildman–Crippen MR) is 102 cm³/mol. The summed E-state index contributed by atoms with van der Waals surface area (Å²) in [5.74, 6) is -9.94. The summed E-state index contributed by atoms with van der Waals surface area (Å²) in [4.78, 5) is 71.8. The summed E-state index contributed by atoms with van der Waals surface area (Å²) in [5, 5.41) is 58.2. The van der Waals surface area contributed by atoms with Gasteiger partial charge in [0.15, 0.2) is 16.2 Å². The normalized spacial score (nSPS) is 20.4. The monoisotopic (exact) mass is 462 g/mol. The van der Waals surface area contributed by atoms with Crippen molar-refractivity contribution >= 4 is 35.8 Å². The molecule has 0 aliphatic heterocycles. The molecule has 3 aliphatic rings. The van der Waals surface area contributed by atoms with E-state index in [1.807, 2.05) is 0 Å². The molecule has 6 N–H and O–H groups in total. The van der Waals surface area contributed by atoms with Crippen molar-refractivity contribution in [2.75, 3.05) is 0 Å². The lowest BCUT2D eigenvalue weighted by Gasteiger charge is -2.19. The van der Waals surface area contributed by atoms with Crippen LogP contribution in [0.5, 0.6) is 0 Å². The molecule has 0 bridgehead atoms. The molecule has 1 aromatic carbocycles. The number of rotatable bonds is 6. The molecule has 0 heterocycles. The molecular formula is C21H18O12. The topological polar surface area (TPSA) is 224 Å². The van der Waals surface area contributed by atoms with E-state index in [-0.39, 0.29) is 33.4 Å². The van der Waals surface area contributed by atoms with Gasteiger partial charge in [-0.1, -0.05) is 0 Å². The molecule has 174 valence electrons. The summed E-state index contributed by atoms with van der Waals surface area (Å²) in [6.45, 7) is 0. The van der Waals surface area contributed by atoms with Crippen LogP contribution >= 0.6 is 0 Å². The predicted octanol–water partition coefficient (Wildman–Crippen LogP) is -0.551. The lowest BCUT2D eigenvalue weighted by atomic mass is 9.83. The molecule has 12 heteroatoms. The first-order chi connectivity index (χ1) is 15.2. The number of hydrogen-bond donors (Lipinski definition) is 6. The highest BCUT2D eigenvalue weighted by atomic mass is 16.4. The zero-order valence-corrected chi connectivity index (χ0v) is 16.9. The number of carboxylic acid groups (broad SMARTS) is 6. The third kappa shape index (κ3) is 2.57. The summed E-state index contributed by atoms with van der Waals surface area (Å²) >= 11 is 0. The van der Waals surface area contributed by atoms with Crippen LogP contribution in [0.4, 0.5) is 0 Å². The highest BCUT2D eigenvalue weighted by Crippen LogP contribution is 2.54. The zero-order chi connectivity index (χ0) is 24.7. The van der Waals surface area contributed by atoms with Crippen molar-refractivity contribution in [1.82, 2.24) is 0 Å². The van der Waals surface area contributed by atoms with E-state index in [9.17, 15) is 59.4 Å².